The maximum atomic E-state index is 13.2. The monoisotopic (exact) mass is 397 g/mol. The molecule has 1 unspecified atom stereocenters. The normalized spacial score (nSPS) is 16.0. The van der Waals surface area contributed by atoms with Crippen LogP contribution >= 0.6 is 0 Å². The fourth-order valence-electron chi connectivity index (χ4n) is 3.23. The summed E-state index contributed by atoms with van der Waals surface area (Å²) < 4.78 is 13.2. The zero-order valence-electron chi connectivity index (χ0n) is 16.3. The van der Waals surface area contributed by atoms with Crippen molar-refractivity contribution in [1.29, 1.82) is 0 Å². The molecule has 1 aliphatic heterocycles. The van der Waals surface area contributed by atoms with Crippen LogP contribution in [0.3, 0.4) is 0 Å². The van der Waals surface area contributed by atoms with Gasteiger partial charge in [0.15, 0.2) is 0 Å². The van der Waals surface area contributed by atoms with Gasteiger partial charge in [0.05, 0.1) is 5.92 Å². The molecule has 1 saturated heterocycles. The minimum atomic E-state index is -0.431. The van der Waals surface area contributed by atoms with E-state index in [9.17, 15) is 18.8 Å². The molecular formula is C22H24FN3O3. The van der Waals surface area contributed by atoms with Crippen LogP contribution in [0.2, 0.25) is 0 Å². The number of unbranched alkanes of at least 4 members (excludes halogenated alkanes) is 1. The summed E-state index contributed by atoms with van der Waals surface area (Å²) in [6.45, 7) is 3.19. The lowest BCUT2D eigenvalue weighted by molar-refractivity contribution is -0.128. The third-order valence-corrected chi connectivity index (χ3v) is 4.86. The molecule has 3 amide bonds. The first-order chi connectivity index (χ1) is 14.0. The second-order valence-electron chi connectivity index (χ2n) is 7.13. The molecule has 0 aromatic heterocycles. The molecule has 0 radical (unpaired) electrons. The number of rotatable bonds is 7. The van der Waals surface area contributed by atoms with E-state index in [0.29, 0.717) is 30.0 Å². The van der Waals surface area contributed by atoms with E-state index in [1.165, 1.54) is 18.2 Å². The highest BCUT2D eigenvalue weighted by Gasteiger charge is 2.33. The molecule has 2 aromatic rings. The van der Waals surface area contributed by atoms with Gasteiger partial charge in [0, 0.05) is 36.4 Å². The van der Waals surface area contributed by atoms with Crippen LogP contribution in [0.15, 0.2) is 48.5 Å². The molecule has 0 bridgehead atoms. The van der Waals surface area contributed by atoms with Gasteiger partial charge in [-0.15, -0.1) is 0 Å². The summed E-state index contributed by atoms with van der Waals surface area (Å²) in [7, 11) is 0. The Hall–Kier alpha value is -3.22. The van der Waals surface area contributed by atoms with Crippen LogP contribution in [-0.2, 0) is 9.59 Å². The van der Waals surface area contributed by atoms with Gasteiger partial charge in [0.25, 0.3) is 5.91 Å². The van der Waals surface area contributed by atoms with Gasteiger partial charge in [-0.05, 0) is 48.9 Å². The number of benzene rings is 2. The Balaban J connectivity index is 1.55. The molecular weight excluding hydrogens is 373 g/mol. The second kappa shape index (κ2) is 9.32. The van der Waals surface area contributed by atoms with Crippen molar-refractivity contribution in [2.75, 3.05) is 23.7 Å². The molecule has 6 nitrogen and oxygen atoms in total. The van der Waals surface area contributed by atoms with Crippen molar-refractivity contribution in [2.45, 2.75) is 26.2 Å². The van der Waals surface area contributed by atoms with Crippen LogP contribution in [0.4, 0.5) is 15.8 Å². The standard InChI is InChI=1S/C22H24FN3O3/c1-2-3-11-26-14-16(12-20(26)27)22(29)24-18-9-7-15(8-10-18)21(28)25-19-6-4-5-17(23)13-19/h4-10,13,16H,2-3,11-12,14H2,1H3,(H,24,29)(H,25,28). The lowest BCUT2D eigenvalue weighted by atomic mass is 10.1. The summed E-state index contributed by atoms with van der Waals surface area (Å²) in [5.74, 6) is -1.35. The summed E-state index contributed by atoms with van der Waals surface area (Å²) in [6, 6.07) is 12.1. The number of anilines is 2. The highest BCUT2D eigenvalue weighted by molar-refractivity contribution is 6.04. The molecule has 7 heteroatoms. The first kappa shape index (κ1) is 20.5. The van der Waals surface area contributed by atoms with Crippen LogP contribution in [-0.4, -0.2) is 35.7 Å². The van der Waals surface area contributed by atoms with Crippen molar-refractivity contribution in [2.24, 2.45) is 5.92 Å². The number of hydrogen-bond acceptors (Lipinski definition) is 3. The summed E-state index contributed by atoms with van der Waals surface area (Å²) in [5, 5.41) is 5.43. The molecule has 1 aliphatic rings. The zero-order chi connectivity index (χ0) is 20.8. The summed E-state index contributed by atoms with van der Waals surface area (Å²) in [4.78, 5) is 38.5. The van der Waals surface area contributed by atoms with Crippen molar-refractivity contribution in [1.82, 2.24) is 4.90 Å². The van der Waals surface area contributed by atoms with Crippen LogP contribution < -0.4 is 10.6 Å². The van der Waals surface area contributed by atoms with Crippen molar-refractivity contribution >= 4 is 29.1 Å². The highest BCUT2D eigenvalue weighted by atomic mass is 19.1. The van der Waals surface area contributed by atoms with Crippen molar-refractivity contribution in [3.05, 3.63) is 59.9 Å². The van der Waals surface area contributed by atoms with Gasteiger partial charge >= 0.3 is 0 Å². The molecule has 1 heterocycles. The van der Waals surface area contributed by atoms with Gasteiger partial charge in [-0.25, -0.2) is 4.39 Å². The average Bonchev–Trinajstić information content (AvgIpc) is 3.07. The summed E-state index contributed by atoms with van der Waals surface area (Å²) in [5.41, 5.74) is 1.30. The molecule has 152 valence electrons. The minimum Gasteiger partial charge on any atom is -0.342 e. The molecule has 0 saturated carbocycles. The number of likely N-dealkylation sites (tertiary alicyclic amines) is 1. The molecule has 0 spiro atoms. The van der Waals surface area contributed by atoms with E-state index in [-0.39, 0.29) is 30.1 Å². The fourth-order valence-corrected chi connectivity index (χ4v) is 3.23. The Morgan fingerprint density at radius 3 is 2.55 bits per heavy atom. The third-order valence-electron chi connectivity index (χ3n) is 4.86. The topological polar surface area (TPSA) is 78.5 Å². The van der Waals surface area contributed by atoms with Crippen LogP contribution in [0.1, 0.15) is 36.5 Å². The number of nitrogens with zero attached hydrogens (tertiary/aromatic N) is 1. The summed E-state index contributed by atoms with van der Waals surface area (Å²) in [6.07, 6.45) is 2.16. The average molecular weight is 397 g/mol. The maximum absolute atomic E-state index is 13.2. The first-order valence-electron chi connectivity index (χ1n) is 9.72. The van der Waals surface area contributed by atoms with Crippen molar-refractivity contribution in [3.63, 3.8) is 0 Å². The number of nitrogens with one attached hydrogen (secondary N) is 2. The molecule has 3 rings (SSSR count). The highest BCUT2D eigenvalue weighted by Crippen LogP contribution is 2.21. The Morgan fingerprint density at radius 1 is 1.10 bits per heavy atom. The van der Waals surface area contributed by atoms with E-state index in [2.05, 4.69) is 17.6 Å². The maximum Gasteiger partial charge on any atom is 0.255 e. The number of amides is 3. The van der Waals surface area contributed by atoms with Gasteiger partial charge in [0.2, 0.25) is 11.8 Å². The Morgan fingerprint density at radius 2 is 1.86 bits per heavy atom. The van der Waals surface area contributed by atoms with Gasteiger partial charge in [-0.2, -0.15) is 0 Å². The zero-order valence-corrected chi connectivity index (χ0v) is 16.3. The van der Waals surface area contributed by atoms with Crippen molar-refractivity contribution in [3.8, 4) is 0 Å². The van der Waals surface area contributed by atoms with Gasteiger partial charge in [0.1, 0.15) is 5.82 Å². The lowest BCUT2D eigenvalue weighted by Crippen LogP contribution is -2.29. The van der Waals surface area contributed by atoms with E-state index in [4.69, 9.17) is 0 Å². The second-order valence-corrected chi connectivity index (χ2v) is 7.13. The summed E-state index contributed by atoms with van der Waals surface area (Å²) >= 11 is 0. The molecule has 1 atom stereocenters. The minimum absolute atomic E-state index is 0.0166. The quantitative estimate of drug-likeness (QED) is 0.748. The predicted molar refractivity (Wildman–Crippen MR) is 109 cm³/mol. The van der Waals surface area contributed by atoms with Crippen molar-refractivity contribution < 1.29 is 18.8 Å². The third kappa shape index (κ3) is 5.40. The SMILES string of the molecule is CCCCN1CC(C(=O)Nc2ccc(C(=O)Nc3cccc(F)c3)cc2)CC1=O. The van der Waals surface area contributed by atoms with Gasteiger partial charge in [-0.3, -0.25) is 14.4 Å². The molecule has 29 heavy (non-hydrogen) atoms. The molecule has 1 fully saturated rings. The van der Waals surface area contributed by atoms with E-state index in [0.717, 1.165) is 12.8 Å². The Labute approximate surface area is 169 Å². The number of carbonyl (C=O) groups excluding carboxylic acids is 3. The van der Waals surface area contributed by atoms with Crippen LogP contribution in [0, 0.1) is 11.7 Å². The van der Waals surface area contributed by atoms with Crippen LogP contribution in [0.5, 0.6) is 0 Å². The van der Waals surface area contributed by atoms with Crippen LogP contribution in [0.25, 0.3) is 0 Å². The smallest absolute Gasteiger partial charge is 0.255 e. The Kier molecular flexibility index (Phi) is 6.59. The van der Waals surface area contributed by atoms with E-state index >= 15 is 0 Å². The van der Waals surface area contributed by atoms with E-state index in [1.54, 1.807) is 35.2 Å². The van der Waals surface area contributed by atoms with Gasteiger partial charge in [-0.1, -0.05) is 19.4 Å². The predicted octanol–water partition coefficient (Wildman–Crippen LogP) is 3.67. The first-order valence-corrected chi connectivity index (χ1v) is 9.72. The Bertz CT molecular complexity index is 898. The van der Waals surface area contributed by atoms with E-state index in [1.807, 2.05) is 0 Å². The largest absolute Gasteiger partial charge is 0.342 e. The number of hydrogen-bond donors (Lipinski definition) is 2. The number of carbonyl (C=O) groups is 3. The fraction of sp³-hybridized carbons (Fsp3) is 0.318. The number of halogens is 1. The molecule has 2 aromatic carbocycles. The molecule has 2 N–H and O–H groups in total. The van der Waals surface area contributed by atoms with Gasteiger partial charge < -0.3 is 15.5 Å². The lowest BCUT2D eigenvalue weighted by Gasteiger charge is -2.16. The molecule has 0 aliphatic carbocycles. The van der Waals surface area contributed by atoms with E-state index < -0.39 is 5.82 Å².